The number of hydrogen-bond acceptors (Lipinski definition) is 4. The van der Waals surface area contributed by atoms with Gasteiger partial charge in [0.15, 0.2) is 10.6 Å². The number of thiazole rings is 1. The summed E-state index contributed by atoms with van der Waals surface area (Å²) in [5, 5.41) is 12.9. The van der Waals surface area contributed by atoms with E-state index < -0.39 is 16.6 Å². The monoisotopic (exact) mass is 429 g/mol. The van der Waals surface area contributed by atoms with Gasteiger partial charge in [-0.2, -0.15) is 0 Å². The Kier molecular flexibility index (Phi) is 6.03. The van der Waals surface area contributed by atoms with Crippen molar-refractivity contribution in [3.8, 4) is 11.3 Å². The maximum absolute atomic E-state index is 14.2. The first-order valence-corrected chi connectivity index (χ1v) is 10.9. The third kappa shape index (κ3) is 4.33. The van der Waals surface area contributed by atoms with Gasteiger partial charge in [0.05, 0.1) is 10.6 Å². The zero-order chi connectivity index (χ0) is 21.1. The lowest BCUT2D eigenvalue weighted by molar-refractivity contribution is -0.384. The minimum absolute atomic E-state index is 0.0355. The second-order valence-electron chi connectivity index (χ2n) is 7.43. The van der Waals surface area contributed by atoms with E-state index in [0.29, 0.717) is 4.80 Å². The lowest BCUT2D eigenvalue weighted by Crippen LogP contribution is -2.21. The quantitative estimate of drug-likeness (QED) is 0.269. The van der Waals surface area contributed by atoms with Gasteiger partial charge in [0.25, 0.3) is 5.69 Å². The molecule has 30 heavy (non-hydrogen) atoms. The highest BCUT2D eigenvalue weighted by atomic mass is 32.1. The molecular weight excluding hydrogens is 408 g/mol. The lowest BCUT2D eigenvalue weighted by Gasteiger charge is -2.20. The van der Waals surface area contributed by atoms with E-state index >= 15 is 0 Å². The van der Waals surface area contributed by atoms with Gasteiger partial charge in [0.1, 0.15) is 11.5 Å². The molecular formula is C22H21F2N3O2S. The molecule has 0 spiro atoms. The average Bonchev–Trinajstić information content (AvgIpc) is 2.95. The van der Waals surface area contributed by atoms with Gasteiger partial charge in [-0.1, -0.05) is 25.7 Å². The third-order valence-corrected chi connectivity index (χ3v) is 6.27. The summed E-state index contributed by atoms with van der Waals surface area (Å²) in [7, 11) is 0. The van der Waals surface area contributed by atoms with E-state index in [4.69, 9.17) is 0 Å². The van der Waals surface area contributed by atoms with Gasteiger partial charge in [0.2, 0.25) is 0 Å². The number of halogens is 2. The van der Waals surface area contributed by atoms with Crippen LogP contribution in [0, 0.1) is 21.7 Å². The number of rotatable bonds is 4. The van der Waals surface area contributed by atoms with Gasteiger partial charge in [-0.05, 0) is 42.7 Å². The number of nitrogens with zero attached hydrogens (tertiary/aromatic N) is 3. The van der Waals surface area contributed by atoms with Crippen molar-refractivity contribution in [1.82, 2.24) is 4.57 Å². The van der Waals surface area contributed by atoms with E-state index in [9.17, 15) is 18.9 Å². The Hall–Kier alpha value is -2.87. The molecule has 0 amide bonds. The molecule has 3 aromatic rings. The number of aromatic nitrogens is 1. The van der Waals surface area contributed by atoms with Crippen LogP contribution in [0.2, 0.25) is 0 Å². The van der Waals surface area contributed by atoms with Gasteiger partial charge < -0.3 is 4.57 Å². The van der Waals surface area contributed by atoms with Gasteiger partial charge in [-0.15, -0.1) is 11.3 Å². The molecule has 0 saturated heterocycles. The maximum Gasteiger partial charge on any atom is 0.269 e. The highest BCUT2D eigenvalue weighted by Gasteiger charge is 2.20. The first-order valence-electron chi connectivity index (χ1n) is 9.97. The standard InChI is InChI=1S/C22H21F2N3O2S/c23-16-9-12-20(19(24)13-16)25-22-26(17-5-3-1-2-4-6-17)21(14-30-22)15-7-10-18(11-8-15)27(28)29/h7-14,17H,1-6H2. The van der Waals surface area contributed by atoms with Crippen LogP contribution in [0.1, 0.15) is 44.6 Å². The van der Waals surface area contributed by atoms with Crippen molar-refractivity contribution in [3.63, 3.8) is 0 Å². The Labute approximate surface area is 176 Å². The first kappa shape index (κ1) is 20.4. The Morgan fingerprint density at radius 2 is 1.73 bits per heavy atom. The molecule has 5 nitrogen and oxygen atoms in total. The summed E-state index contributed by atoms with van der Waals surface area (Å²) < 4.78 is 29.6. The summed E-state index contributed by atoms with van der Waals surface area (Å²) in [6.07, 6.45) is 6.58. The second kappa shape index (κ2) is 8.87. The van der Waals surface area contributed by atoms with Crippen LogP contribution in [0.4, 0.5) is 20.2 Å². The molecule has 1 aliphatic carbocycles. The summed E-state index contributed by atoms with van der Waals surface area (Å²) in [6, 6.07) is 10.0. The van der Waals surface area contributed by atoms with Crippen LogP contribution in [0.25, 0.3) is 11.3 Å². The van der Waals surface area contributed by atoms with Gasteiger partial charge >= 0.3 is 0 Å². The molecule has 156 valence electrons. The summed E-state index contributed by atoms with van der Waals surface area (Å²) in [5.41, 5.74) is 1.88. The molecule has 1 aromatic heterocycles. The molecule has 1 aliphatic rings. The molecule has 0 bridgehead atoms. The van der Waals surface area contributed by atoms with Crippen LogP contribution in [-0.4, -0.2) is 9.49 Å². The van der Waals surface area contributed by atoms with Crippen molar-refractivity contribution < 1.29 is 13.7 Å². The number of nitro benzene ring substituents is 1. The molecule has 4 rings (SSSR count). The van der Waals surface area contributed by atoms with E-state index in [0.717, 1.165) is 43.0 Å². The Morgan fingerprint density at radius 3 is 2.37 bits per heavy atom. The zero-order valence-corrected chi connectivity index (χ0v) is 17.1. The average molecular weight is 429 g/mol. The van der Waals surface area contributed by atoms with Crippen molar-refractivity contribution in [1.29, 1.82) is 0 Å². The second-order valence-corrected chi connectivity index (χ2v) is 8.27. The molecule has 1 heterocycles. The molecule has 0 radical (unpaired) electrons. The summed E-state index contributed by atoms with van der Waals surface area (Å²) >= 11 is 1.39. The summed E-state index contributed by atoms with van der Waals surface area (Å²) in [6.45, 7) is 0. The number of nitro groups is 1. The van der Waals surface area contributed by atoms with E-state index in [-0.39, 0.29) is 17.4 Å². The number of hydrogen-bond donors (Lipinski definition) is 0. The van der Waals surface area contributed by atoms with Crippen LogP contribution in [0.5, 0.6) is 0 Å². The highest BCUT2D eigenvalue weighted by molar-refractivity contribution is 7.07. The van der Waals surface area contributed by atoms with Crippen LogP contribution >= 0.6 is 11.3 Å². The van der Waals surface area contributed by atoms with E-state index in [1.54, 1.807) is 12.1 Å². The summed E-state index contributed by atoms with van der Waals surface area (Å²) in [5.74, 6) is -1.34. The molecule has 2 aromatic carbocycles. The van der Waals surface area contributed by atoms with Crippen LogP contribution < -0.4 is 4.80 Å². The number of benzene rings is 2. The minimum Gasteiger partial charge on any atom is -0.313 e. The highest BCUT2D eigenvalue weighted by Crippen LogP contribution is 2.32. The number of non-ortho nitro benzene ring substituents is 1. The van der Waals surface area contributed by atoms with Crippen molar-refractivity contribution in [2.24, 2.45) is 4.99 Å². The maximum atomic E-state index is 14.2. The first-order chi connectivity index (χ1) is 14.5. The Balaban J connectivity index is 1.84. The van der Waals surface area contributed by atoms with Crippen LogP contribution in [0.15, 0.2) is 52.8 Å². The van der Waals surface area contributed by atoms with Gasteiger partial charge in [-0.25, -0.2) is 13.8 Å². The SMILES string of the molecule is O=[N+]([O-])c1ccc(-c2csc(=Nc3ccc(F)cc3F)n2C2CCCCCC2)cc1. The normalized spacial score (nSPS) is 15.9. The minimum atomic E-state index is -0.701. The van der Waals surface area contributed by atoms with Crippen molar-refractivity contribution in [2.45, 2.75) is 44.6 Å². The lowest BCUT2D eigenvalue weighted by atomic mass is 10.1. The van der Waals surface area contributed by atoms with Crippen LogP contribution in [-0.2, 0) is 0 Å². The fraction of sp³-hybridized carbons (Fsp3) is 0.318. The van der Waals surface area contributed by atoms with Crippen molar-refractivity contribution in [3.05, 3.63) is 74.4 Å². The van der Waals surface area contributed by atoms with Gasteiger partial charge in [0, 0.05) is 29.6 Å². The molecule has 0 aliphatic heterocycles. The molecule has 8 heteroatoms. The molecule has 1 fully saturated rings. The van der Waals surface area contributed by atoms with Gasteiger partial charge in [-0.3, -0.25) is 10.1 Å². The molecule has 0 unspecified atom stereocenters. The summed E-state index contributed by atoms with van der Waals surface area (Å²) in [4.78, 5) is 15.7. The zero-order valence-electron chi connectivity index (χ0n) is 16.3. The predicted molar refractivity (Wildman–Crippen MR) is 113 cm³/mol. The van der Waals surface area contributed by atoms with Crippen molar-refractivity contribution in [2.75, 3.05) is 0 Å². The molecule has 0 atom stereocenters. The Morgan fingerprint density at radius 1 is 1.03 bits per heavy atom. The topological polar surface area (TPSA) is 60.4 Å². The van der Waals surface area contributed by atoms with E-state index in [1.807, 2.05) is 5.38 Å². The third-order valence-electron chi connectivity index (χ3n) is 5.43. The predicted octanol–water partition coefficient (Wildman–Crippen LogP) is 6.53. The largest absolute Gasteiger partial charge is 0.313 e. The molecule has 0 N–H and O–H groups in total. The van der Waals surface area contributed by atoms with E-state index in [2.05, 4.69) is 9.56 Å². The molecule has 1 saturated carbocycles. The van der Waals surface area contributed by atoms with Crippen molar-refractivity contribution >= 4 is 22.7 Å². The van der Waals surface area contributed by atoms with Crippen LogP contribution in [0.3, 0.4) is 0 Å². The fourth-order valence-electron chi connectivity index (χ4n) is 3.91. The smallest absolute Gasteiger partial charge is 0.269 e. The van der Waals surface area contributed by atoms with E-state index in [1.165, 1.54) is 48.4 Å². The fourth-order valence-corrected chi connectivity index (χ4v) is 4.89. The Bertz CT molecular complexity index is 1110.